The van der Waals surface area contributed by atoms with E-state index in [1.54, 1.807) is 26.4 Å². The molecule has 1 aliphatic carbocycles. The molecule has 0 saturated heterocycles. The molecule has 5 heteroatoms. The molecule has 1 aromatic carbocycles. The van der Waals surface area contributed by atoms with E-state index >= 15 is 0 Å². The number of H-pyrrole nitrogens is 1. The van der Waals surface area contributed by atoms with Crippen LogP contribution in [0.2, 0.25) is 0 Å². The summed E-state index contributed by atoms with van der Waals surface area (Å²) in [4.78, 5) is 20.1. The van der Waals surface area contributed by atoms with Crippen molar-refractivity contribution < 1.29 is 9.47 Å². The molecule has 2 unspecified atom stereocenters. The van der Waals surface area contributed by atoms with Crippen molar-refractivity contribution in [1.29, 1.82) is 0 Å². The van der Waals surface area contributed by atoms with Crippen molar-refractivity contribution in [2.75, 3.05) is 14.2 Å². The van der Waals surface area contributed by atoms with Gasteiger partial charge in [0.05, 0.1) is 25.1 Å². The number of hydrogen-bond acceptors (Lipinski definition) is 4. The molecule has 3 rings (SSSR count). The molecule has 1 heterocycles. The summed E-state index contributed by atoms with van der Waals surface area (Å²) in [6.45, 7) is 6.89. The quantitative estimate of drug-likeness (QED) is 0.910. The van der Waals surface area contributed by atoms with E-state index in [2.05, 4.69) is 30.7 Å². The number of aromatic amines is 1. The normalized spacial score (nSPS) is 22.2. The Morgan fingerprint density at radius 1 is 1.21 bits per heavy atom. The lowest BCUT2D eigenvalue weighted by molar-refractivity contribution is -0.0229. The van der Waals surface area contributed by atoms with Gasteiger partial charge in [-0.3, -0.25) is 4.79 Å². The minimum absolute atomic E-state index is 0.125. The topological polar surface area (TPSA) is 64.2 Å². The Kier molecular flexibility index (Phi) is 4.28. The SMILES string of the molecule is CCC1CC(Cc2nc3cc(OC)c(OC)cc3c(=O)[nH]2)C1(C)C. The third-order valence-electron chi connectivity index (χ3n) is 5.87. The Morgan fingerprint density at radius 3 is 2.46 bits per heavy atom. The van der Waals surface area contributed by atoms with Gasteiger partial charge in [0.1, 0.15) is 5.82 Å². The summed E-state index contributed by atoms with van der Waals surface area (Å²) in [5, 5.41) is 0.524. The molecular formula is C19H26N2O3. The highest BCUT2D eigenvalue weighted by atomic mass is 16.5. The zero-order valence-corrected chi connectivity index (χ0v) is 15.1. The van der Waals surface area contributed by atoms with Crippen LogP contribution in [0, 0.1) is 17.3 Å². The molecule has 0 bridgehead atoms. The van der Waals surface area contributed by atoms with E-state index in [9.17, 15) is 4.79 Å². The van der Waals surface area contributed by atoms with Gasteiger partial charge < -0.3 is 14.5 Å². The van der Waals surface area contributed by atoms with Gasteiger partial charge >= 0.3 is 0 Å². The van der Waals surface area contributed by atoms with Gasteiger partial charge in [-0.2, -0.15) is 0 Å². The van der Waals surface area contributed by atoms with Crippen molar-refractivity contribution in [2.45, 2.75) is 40.0 Å². The maximum absolute atomic E-state index is 12.4. The van der Waals surface area contributed by atoms with E-state index in [1.165, 1.54) is 12.8 Å². The van der Waals surface area contributed by atoms with Crippen molar-refractivity contribution in [1.82, 2.24) is 9.97 Å². The van der Waals surface area contributed by atoms with Gasteiger partial charge in [0.2, 0.25) is 0 Å². The van der Waals surface area contributed by atoms with Gasteiger partial charge in [0.25, 0.3) is 5.56 Å². The Morgan fingerprint density at radius 2 is 1.88 bits per heavy atom. The zero-order valence-electron chi connectivity index (χ0n) is 15.1. The molecule has 1 aromatic heterocycles. The fourth-order valence-corrected chi connectivity index (χ4v) is 4.01. The van der Waals surface area contributed by atoms with Crippen molar-refractivity contribution in [2.24, 2.45) is 17.3 Å². The van der Waals surface area contributed by atoms with Crippen LogP contribution in [-0.4, -0.2) is 24.2 Å². The molecule has 24 heavy (non-hydrogen) atoms. The maximum atomic E-state index is 12.4. The van der Waals surface area contributed by atoms with Gasteiger partial charge in [0.15, 0.2) is 11.5 Å². The molecule has 5 nitrogen and oxygen atoms in total. The summed E-state index contributed by atoms with van der Waals surface area (Å²) in [5.74, 6) is 3.20. The molecular weight excluding hydrogens is 304 g/mol. The van der Waals surface area contributed by atoms with Crippen LogP contribution in [0.25, 0.3) is 10.9 Å². The zero-order chi connectivity index (χ0) is 17.5. The van der Waals surface area contributed by atoms with Crippen molar-refractivity contribution in [3.8, 4) is 11.5 Å². The predicted molar refractivity (Wildman–Crippen MR) is 94.8 cm³/mol. The standard InChI is InChI=1S/C19H26N2O3/c1-6-11-7-12(19(11,2)3)8-17-20-14-10-16(24-5)15(23-4)9-13(14)18(22)21-17/h9-12H,6-8H2,1-5H3,(H,20,21,22). The second-order valence-electron chi connectivity index (χ2n) is 7.30. The number of benzene rings is 1. The Bertz CT molecular complexity index is 810. The van der Waals surface area contributed by atoms with E-state index in [0.717, 1.165) is 18.2 Å². The van der Waals surface area contributed by atoms with Gasteiger partial charge in [-0.05, 0) is 29.7 Å². The van der Waals surface area contributed by atoms with E-state index in [0.29, 0.717) is 33.7 Å². The first kappa shape index (κ1) is 16.8. The van der Waals surface area contributed by atoms with E-state index in [4.69, 9.17) is 9.47 Å². The lowest BCUT2D eigenvalue weighted by atomic mass is 9.53. The van der Waals surface area contributed by atoms with E-state index < -0.39 is 0 Å². The molecule has 0 spiro atoms. The number of ether oxygens (including phenoxy) is 2. The fraction of sp³-hybridized carbons (Fsp3) is 0.579. The highest BCUT2D eigenvalue weighted by molar-refractivity contribution is 5.81. The van der Waals surface area contributed by atoms with Gasteiger partial charge in [-0.1, -0.05) is 27.2 Å². The minimum atomic E-state index is -0.125. The summed E-state index contributed by atoms with van der Waals surface area (Å²) in [6, 6.07) is 3.46. The van der Waals surface area contributed by atoms with Crippen molar-refractivity contribution in [3.05, 3.63) is 28.3 Å². The summed E-state index contributed by atoms with van der Waals surface area (Å²) in [6.07, 6.45) is 3.22. The van der Waals surface area contributed by atoms with Crippen LogP contribution in [0.4, 0.5) is 0 Å². The number of hydrogen-bond donors (Lipinski definition) is 1. The van der Waals surface area contributed by atoms with E-state index in [1.807, 2.05) is 0 Å². The molecule has 2 aromatic rings. The van der Waals surface area contributed by atoms with Crippen molar-refractivity contribution >= 4 is 10.9 Å². The lowest BCUT2D eigenvalue weighted by Crippen LogP contribution is -2.45. The van der Waals surface area contributed by atoms with Gasteiger partial charge in [-0.15, -0.1) is 0 Å². The van der Waals surface area contributed by atoms with Crippen LogP contribution in [0.1, 0.15) is 39.4 Å². The van der Waals surface area contributed by atoms with Crippen LogP contribution < -0.4 is 15.0 Å². The summed E-state index contributed by atoms with van der Waals surface area (Å²) in [7, 11) is 3.14. The molecule has 2 atom stereocenters. The number of nitrogens with zero attached hydrogens (tertiary/aromatic N) is 1. The summed E-state index contributed by atoms with van der Waals surface area (Å²) >= 11 is 0. The predicted octanol–water partition coefficient (Wildman–Crippen LogP) is 3.56. The molecule has 0 radical (unpaired) electrons. The summed E-state index contributed by atoms with van der Waals surface area (Å²) in [5.41, 5.74) is 0.829. The highest BCUT2D eigenvalue weighted by Gasteiger charge is 2.46. The number of methoxy groups -OCH3 is 2. The molecule has 1 saturated carbocycles. The second kappa shape index (κ2) is 6.11. The number of fused-ring (bicyclic) bond motifs is 1. The second-order valence-corrected chi connectivity index (χ2v) is 7.30. The number of rotatable bonds is 5. The smallest absolute Gasteiger partial charge is 0.258 e. The third-order valence-corrected chi connectivity index (χ3v) is 5.87. The van der Waals surface area contributed by atoms with Crippen LogP contribution in [0.15, 0.2) is 16.9 Å². The van der Waals surface area contributed by atoms with Crippen molar-refractivity contribution in [3.63, 3.8) is 0 Å². The van der Waals surface area contributed by atoms with Gasteiger partial charge in [-0.25, -0.2) is 4.98 Å². The average molecular weight is 330 g/mol. The highest BCUT2D eigenvalue weighted by Crippen LogP contribution is 2.53. The lowest BCUT2D eigenvalue weighted by Gasteiger charge is -2.52. The molecule has 0 aliphatic heterocycles. The number of aromatic nitrogens is 2. The average Bonchev–Trinajstić information content (AvgIpc) is 2.57. The maximum Gasteiger partial charge on any atom is 0.258 e. The van der Waals surface area contributed by atoms with E-state index in [-0.39, 0.29) is 5.56 Å². The molecule has 1 fully saturated rings. The molecule has 130 valence electrons. The Hall–Kier alpha value is -2.04. The third kappa shape index (κ3) is 2.66. The molecule has 1 N–H and O–H groups in total. The summed E-state index contributed by atoms with van der Waals surface area (Å²) < 4.78 is 10.6. The van der Waals surface area contributed by atoms with Gasteiger partial charge in [0, 0.05) is 12.5 Å². The Balaban J connectivity index is 1.95. The molecule has 1 aliphatic rings. The molecule has 0 amide bonds. The van der Waals surface area contributed by atoms with Crippen LogP contribution >= 0.6 is 0 Å². The van der Waals surface area contributed by atoms with Crippen LogP contribution in [0.3, 0.4) is 0 Å². The first-order chi connectivity index (χ1) is 11.4. The van der Waals surface area contributed by atoms with Crippen LogP contribution in [0.5, 0.6) is 11.5 Å². The largest absolute Gasteiger partial charge is 0.493 e. The number of nitrogens with one attached hydrogen (secondary N) is 1. The first-order valence-electron chi connectivity index (χ1n) is 8.55. The van der Waals surface area contributed by atoms with Crippen LogP contribution in [-0.2, 0) is 6.42 Å². The minimum Gasteiger partial charge on any atom is -0.493 e. The monoisotopic (exact) mass is 330 g/mol. The first-order valence-corrected chi connectivity index (χ1v) is 8.55. The Labute approximate surface area is 142 Å². The fourth-order valence-electron chi connectivity index (χ4n) is 4.01.